The van der Waals surface area contributed by atoms with Crippen molar-refractivity contribution >= 4 is 28.6 Å². The van der Waals surface area contributed by atoms with E-state index in [1.165, 1.54) is 12.1 Å². The second kappa shape index (κ2) is 4.73. The predicted molar refractivity (Wildman–Crippen MR) is 57.2 cm³/mol. The highest BCUT2D eigenvalue weighted by atomic mass is 127. The maximum atomic E-state index is 12.6. The van der Waals surface area contributed by atoms with E-state index in [2.05, 4.69) is 27.3 Å². The number of hydrogen-bond acceptors (Lipinski definition) is 2. The fraction of sp³-hybridized carbons (Fsp3) is 0.222. The van der Waals surface area contributed by atoms with Gasteiger partial charge in [0.05, 0.1) is 0 Å². The van der Waals surface area contributed by atoms with Crippen LogP contribution in [-0.4, -0.2) is 23.6 Å². The van der Waals surface area contributed by atoms with Crippen LogP contribution in [0.25, 0.3) is 0 Å². The van der Waals surface area contributed by atoms with Gasteiger partial charge in [0.2, 0.25) is 0 Å². The smallest absolute Gasteiger partial charge is 0.378 e. The third kappa shape index (κ3) is 3.61. The molecule has 0 atom stereocenters. The zero-order valence-corrected chi connectivity index (χ0v) is 9.57. The first-order valence-corrected chi connectivity index (χ1v) is 4.99. The Morgan fingerprint density at radius 3 is 2.40 bits per heavy atom. The van der Waals surface area contributed by atoms with E-state index in [9.17, 15) is 13.6 Å². The van der Waals surface area contributed by atoms with E-state index < -0.39 is 18.5 Å². The summed E-state index contributed by atoms with van der Waals surface area (Å²) in [5.41, 5.74) is 0. The summed E-state index contributed by atoms with van der Waals surface area (Å²) in [5.74, 6) is -5.83. The molecular formula is C9H7F2IO3. The molecule has 0 unspecified atom stereocenters. The van der Waals surface area contributed by atoms with Crippen LogP contribution in [-0.2, 0) is 4.79 Å². The molecule has 1 aromatic carbocycles. The quantitative estimate of drug-likeness (QED) is 0.864. The van der Waals surface area contributed by atoms with Crippen molar-refractivity contribution in [3.63, 3.8) is 0 Å². The first-order chi connectivity index (χ1) is 6.92. The molecule has 0 aliphatic carbocycles. The SMILES string of the molecule is O=C(O)C(F)(F)COc1ccc(I)cc1. The zero-order chi connectivity index (χ0) is 11.5. The fourth-order valence-corrected chi connectivity index (χ4v) is 1.13. The van der Waals surface area contributed by atoms with Gasteiger partial charge >= 0.3 is 11.9 Å². The van der Waals surface area contributed by atoms with Crippen molar-refractivity contribution in [2.24, 2.45) is 0 Å². The lowest BCUT2D eigenvalue weighted by Crippen LogP contribution is -2.35. The van der Waals surface area contributed by atoms with Crippen molar-refractivity contribution in [2.75, 3.05) is 6.61 Å². The summed E-state index contributed by atoms with van der Waals surface area (Å²) in [5, 5.41) is 8.13. The second-order valence-corrected chi connectivity index (χ2v) is 4.00. The molecule has 0 fully saturated rings. The van der Waals surface area contributed by atoms with Crippen LogP contribution in [0, 0.1) is 3.57 Å². The van der Waals surface area contributed by atoms with Gasteiger partial charge in [-0.1, -0.05) is 0 Å². The van der Waals surface area contributed by atoms with Gasteiger partial charge in [0, 0.05) is 3.57 Å². The molecule has 0 aliphatic heterocycles. The molecular weight excluding hydrogens is 321 g/mol. The summed E-state index contributed by atoms with van der Waals surface area (Å²) in [6, 6.07) is 6.35. The van der Waals surface area contributed by atoms with E-state index in [-0.39, 0.29) is 5.75 Å². The Labute approximate surface area is 98.2 Å². The number of benzene rings is 1. The minimum atomic E-state index is -3.86. The molecule has 15 heavy (non-hydrogen) atoms. The van der Waals surface area contributed by atoms with Gasteiger partial charge in [-0.05, 0) is 46.9 Å². The average molecular weight is 328 g/mol. The molecule has 1 aromatic rings. The number of carboxylic acid groups (broad SMARTS) is 1. The summed E-state index contributed by atoms with van der Waals surface area (Å²) in [6.45, 7) is -1.16. The van der Waals surface area contributed by atoms with E-state index in [0.717, 1.165) is 3.57 Å². The molecule has 0 aromatic heterocycles. The van der Waals surface area contributed by atoms with Crippen LogP contribution >= 0.6 is 22.6 Å². The van der Waals surface area contributed by atoms with Gasteiger partial charge in [0.25, 0.3) is 0 Å². The van der Waals surface area contributed by atoms with Crippen molar-refractivity contribution in [3.05, 3.63) is 27.8 Å². The Bertz CT molecular complexity index is 351. The summed E-state index contributed by atoms with van der Waals surface area (Å²) in [6.07, 6.45) is 0. The molecule has 0 heterocycles. The fourth-order valence-electron chi connectivity index (χ4n) is 0.767. The van der Waals surface area contributed by atoms with Crippen molar-refractivity contribution in [2.45, 2.75) is 5.92 Å². The Balaban J connectivity index is 2.57. The van der Waals surface area contributed by atoms with E-state index in [4.69, 9.17) is 5.11 Å². The molecule has 0 amide bonds. The summed E-state index contributed by atoms with van der Waals surface area (Å²) in [4.78, 5) is 10.1. The zero-order valence-electron chi connectivity index (χ0n) is 7.41. The largest absolute Gasteiger partial charge is 0.487 e. The molecule has 6 heteroatoms. The Morgan fingerprint density at radius 1 is 1.40 bits per heavy atom. The topological polar surface area (TPSA) is 46.5 Å². The highest BCUT2D eigenvalue weighted by Gasteiger charge is 2.39. The van der Waals surface area contributed by atoms with Gasteiger partial charge in [-0.2, -0.15) is 8.78 Å². The number of aliphatic carboxylic acids is 1. The van der Waals surface area contributed by atoms with E-state index >= 15 is 0 Å². The number of carbonyl (C=O) groups is 1. The van der Waals surface area contributed by atoms with Gasteiger partial charge in [-0.25, -0.2) is 4.79 Å². The van der Waals surface area contributed by atoms with E-state index in [1.54, 1.807) is 12.1 Å². The summed E-state index contributed by atoms with van der Waals surface area (Å²) < 4.78 is 30.8. The first kappa shape index (κ1) is 12.2. The Hall–Kier alpha value is -0.920. The lowest BCUT2D eigenvalue weighted by Gasteiger charge is -2.12. The molecule has 0 aliphatic rings. The lowest BCUT2D eigenvalue weighted by molar-refractivity contribution is -0.168. The van der Waals surface area contributed by atoms with Gasteiger partial charge in [0.15, 0.2) is 6.61 Å². The molecule has 0 saturated carbocycles. The highest BCUT2D eigenvalue weighted by molar-refractivity contribution is 14.1. The minimum absolute atomic E-state index is 0.219. The highest BCUT2D eigenvalue weighted by Crippen LogP contribution is 2.18. The van der Waals surface area contributed by atoms with Crippen molar-refractivity contribution < 1.29 is 23.4 Å². The number of carboxylic acids is 1. The normalized spacial score (nSPS) is 11.1. The minimum Gasteiger partial charge on any atom is -0.487 e. The number of alkyl halides is 2. The van der Waals surface area contributed by atoms with Gasteiger partial charge in [0.1, 0.15) is 5.75 Å². The van der Waals surface area contributed by atoms with Crippen LogP contribution in [0.15, 0.2) is 24.3 Å². The molecule has 0 saturated heterocycles. The molecule has 0 spiro atoms. The van der Waals surface area contributed by atoms with Crippen molar-refractivity contribution in [3.8, 4) is 5.75 Å². The molecule has 0 bridgehead atoms. The van der Waals surface area contributed by atoms with Crippen LogP contribution in [0.3, 0.4) is 0 Å². The van der Waals surface area contributed by atoms with Crippen LogP contribution < -0.4 is 4.74 Å². The standard InChI is InChI=1S/C9H7F2IO3/c10-9(11,8(13)14)5-15-7-3-1-6(12)2-4-7/h1-4H,5H2,(H,13,14). The lowest BCUT2D eigenvalue weighted by atomic mass is 10.3. The van der Waals surface area contributed by atoms with Crippen molar-refractivity contribution in [1.29, 1.82) is 0 Å². The molecule has 82 valence electrons. The van der Waals surface area contributed by atoms with Gasteiger partial charge < -0.3 is 9.84 Å². The molecule has 3 nitrogen and oxygen atoms in total. The maximum Gasteiger partial charge on any atom is 0.378 e. The first-order valence-electron chi connectivity index (χ1n) is 3.91. The van der Waals surface area contributed by atoms with E-state index in [1.807, 2.05) is 0 Å². The number of hydrogen-bond donors (Lipinski definition) is 1. The number of ether oxygens (including phenoxy) is 1. The van der Waals surface area contributed by atoms with Crippen LogP contribution in [0.4, 0.5) is 8.78 Å². The third-order valence-corrected chi connectivity index (χ3v) is 2.27. The average Bonchev–Trinajstić information content (AvgIpc) is 2.17. The molecule has 1 N–H and O–H groups in total. The molecule has 1 rings (SSSR count). The Morgan fingerprint density at radius 2 is 1.93 bits per heavy atom. The monoisotopic (exact) mass is 328 g/mol. The third-order valence-electron chi connectivity index (χ3n) is 1.55. The predicted octanol–water partition coefficient (Wildman–Crippen LogP) is 2.39. The molecule has 0 radical (unpaired) electrons. The second-order valence-electron chi connectivity index (χ2n) is 2.75. The summed E-state index contributed by atoms with van der Waals surface area (Å²) >= 11 is 2.05. The number of halogens is 3. The Kier molecular flexibility index (Phi) is 3.83. The number of rotatable bonds is 4. The summed E-state index contributed by atoms with van der Waals surface area (Å²) in [7, 11) is 0. The van der Waals surface area contributed by atoms with Crippen LogP contribution in [0.1, 0.15) is 0 Å². The van der Waals surface area contributed by atoms with Crippen LogP contribution in [0.2, 0.25) is 0 Å². The van der Waals surface area contributed by atoms with Gasteiger partial charge in [-0.3, -0.25) is 0 Å². The van der Waals surface area contributed by atoms with E-state index in [0.29, 0.717) is 0 Å². The van der Waals surface area contributed by atoms with Crippen molar-refractivity contribution in [1.82, 2.24) is 0 Å². The van der Waals surface area contributed by atoms with Gasteiger partial charge in [-0.15, -0.1) is 0 Å². The van der Waals surface area contributed by atoms with Crippen LogP contribution in [0.5, 0.6) is 5.75 Å². The maximum absolute atomic E-state index is 12.6.